The average molecular weight is 248 g/mol. The fraction of sp³-hybridized carbons (Fsp3) is 0.308. The van der Waals surface area contributed by atoms with Gasteiger partial charge in [-0.25, -0.2) is 4.98 Å². The van der Waals surface area contributed by atoms with Crippen LogP contribution in [-0.4, -0.2) is 11.6 Å². The zero-order valence-electron chi connectivity index (χ0n) is 10.1. The Labute approximate surface area is 105 Å². The molecule has 0 saturated heterocycles. The number of hydrogen-bond acceptors (Lipinski definition) is 4. The third-order valence-corrected chi connectivity index (χ3v) is 3.46. The van der Waals surface area contributed by atoms with Gasteiger partial charge < -0.3 is 10.5 Å². The molecule has 0 unspecified atom stereocenters. The van der Waals surface area contributed by atoms with Crippen molar-refractivity contribution in [3.05, 3.63) is 40.4 Å². The molecule has 1 heterocycles. The van der Waals surface area contributed by atoms with Crippen LogP contribution in [0.4, 0.5) is 5.13 Å². The number of benzene rings is 1. The highest BCUT2D eigenvalue weighted by Gasteiger charge is 2.03. The Kier molecular flexibility index (Phi) is 3.64. The van der Waals surface area contributed by atoms with Gasteiger partial charge in [0.2, 0.25) is 0 Å². The predicted molar refractivity (Wildman–Crippen MR) is 71.6 cm³/mol. The molecule has 0 saturated carbocycles. The maximum absolute atomic E-state index is 5.75. The van der Waals surface area contributed by atoms with Crippen LogP contribution in [-0.2, 0) is 6.42 Å². The smallest absolute Gasteiger partial charge is 0.180 e. The average Bonchev–Trinajstić information content (AvgIpc) is 2.70. The molecule has 0 aliphatic heterocycles. The van der Waals surface area contributed by atoms with E-state index < -0.39 is 0 Å². The fourth-order valence-electron chi connectivity index (χ4n) is 1.58. The summed E-state index contributed by atoms with van der Waals surface area (Å²) < 4.78 is 5.75. The third kappa shape index (κ3) is 2.97. The minimum Gasteiger partial charge on any atom is -0.493 e. The summed E-state index contributed by atoms with van der Waals surface area (Å²) in [6.07, 6.45) is 0.793. The number of aryl methyl sites for hydroxylation is 1. The molecule has 0 radical (unpaired) electrons. The van der Waals surface area contributed by atoms with E-state index in [9.17, 15) is 0 Å². The fourth-order valence-corrected chi connectivity index (χ4v) is 2.18. The van der Waals surface area contributed by atoms with Crippen LogP contribution in [0.5, 0.6) is 5.75 Å². The lowest BCUT2D eigenvalue weighted by molar-refractivity contribution is 0.318. The van der Waals surface area contributed by atoms with Gasteiger partial charge in [-0.2, -0.15) is 0 Å². The standard InChI is InChI=1S/C13H16N2OS/c1-9-4-3-5-12(10(9)2)16-7-6-11-8-17-13(14)15-11/h3-5,8H,6-7H2,1-2H3,(H2,14,15). The van der Waals surface area contributed by atoms with Gasteiger partial charge in [0.15, 0.2) is 5.13 Å². The van der Waals surface area contributed by atoms with E-state index in [-0.39, 0.29) is 0 Å². The van der Waals surface area contributed by atoms with E-state index in [2.05, 4.69) is 24.9 Å². The normalized spacial score (nSPS) is 10.5. The molecule has 4 heteroatoms. The van der Waals surface area contributed by atoms with Gasteiger partial charge in [0.1, 0.15) is 5.75 Å². The lowest BCUT2D eigenvalue weighted by atomic mass is 10.1. The number of aromatic nitrogens is 1. The van der Waals surface area contributed by atoms with Gasteiger partial charge in [-0.05, 0) is 31.0 Å². The maximum Gasteiger partial charge on any atom is 0.180 e. The van der Waals surface area contributed by atoms with Crippen LogP contribution >= 0.6 is 11.3 Å². The Morgan fingerprint density at radius 3 is 2.88 bits per heavy atom. The number of nitrogens with two attached hydrogens (primary N) is 1. The molecule has 0 aliphatic carbocycles. The highest BCUT2D eigenvalue weighted by atomic mass is 32.1. The van der Waals surface area contributed by atoms with E-state index in [4.69, 9.17) is 10.5 Å². The molecule has 2 aromatic rings. The van der Waals surface area contributed by atoms with Crippen molar-refractivity contribution in [2.45, 2.75) is 20.3 Å². The maximum atomic E-state index is 5.75. The molecular weight excluding hydrogens is 232 g/mol. The third-order valence-electron chi connectivity index (χ3n) is 2.74. The summed E-state index contributed by atoms with van der Waals surface area (Å²) in [5, 5.41) is 2.59. The number of nitrogen functional groups attached to an aromatic ring is 1. The van der Waals surface area contributed by atoms with Gasteiger partial charge in [-0.3, -0.25) is 0 Å². The van der Waals surface area contributed by atoms with E-state index >= 15 is 0 Å². The molecule has 2 rings (SSSR count). The first-order valence-corrected chi connectivity index (χ1v) is 6.43. The molecule has 0 fully saturated rings. The van der Waals surface area contributed by atoms with E-state index in [0.29, 0.717) is 11.7 Å². The van der Waals surface area contributed by atoms with Crippen LogP contribution in [0.1, 0.15) is 16.8 Å². The Bertz CT molecular complexity index is 508. The summed E-state index contributed by atoms with van der Waals surface area (Å²) in [4.78, 5) is 4.20. The van der Waals surface area contributed by atoms with Gasteiger partial charge in [0.25, 0.3) is 0 Å². The van der Waals surface area contributed by atoms with Crippen molar-refractivity contribution in [1.29, 1.82) is 0 Å². The molecule has 90 valence electrons. The van der Waals surface area contributed by atoms with Crippen LogP contribution in [0.3, 0.4) is 0 Å². The first-order valence-electron chi connectivity index (χ1n) is 5.55. The van der Waals surface area contributed by atoms with Crippen molar-refractivity contribution in [3.8, 4) is 5.75 Å². The molecule has 1 aromatic carbocycles. The summed E-state index contributed by atoms with van der Waals surface area (Å²) in [5.41, 5.74) is 9.02. The van der Waals surface area contributed by atoms with Gasteiger partial charge in [-0.1, -0.05) is 12.1 Å². The monoisotopic (exact) mass is 248 g/mol. The van der Waals surface area contributed by atoms with Gasteiger partial charge in [0, 0.05) is 11.8 Å². The van der Waals surface area contributed by atoms with Gasteiger partial charge in [0.05, 0.1) is 12.3 Å². The number of ether oxygens (including phenoxy) is 1. The molecule has 0 atom stereocenters. The largest absolute Gasteiger partial charge is 0.493 e. The molecule has 17 heavy (non-hydrogen) atoms. The molecule has 3 nitrogen and oxygen atoms in total. The second-order valence-electron chi connectivity index (χ2n) is 3.97. The molecule has 2 N–H and O–H groups in total. The first-order chi connectivity index (χ1) is 8.16. The van der Waals surface area contributed by atoms with Crippen LogP contribution in [0, 0.1) is 13.8 Å². The van der Waals surface area contributed by atoms with E-state index in [0.717, 1.165) is 17.9 Å². The second kappa shape index (κ2) is 5.19. The minimum atomic E-state index is 0.617. The van der Waals surface area contributed by atoms with Crippen molar-refractivity contribution in [2.75, 3.05) is 12.3 Å². The molecule has 0 bridgehead atoms. The topological polar surface area (TPSA) is 48.1 Å². The Morgan fingerprint density at radius 2 is 2.18 bits per heavy atom. The van der Waals surface area contributed by atoms with E-state index in [1.165, 1.54) is 22.5 Å². The minimum absolute atomic E-state index is 0.617. The first kappa shape index (κ1) is 11.9. The lowest BCUT2D eigenvalue weighted by Crippen LogP contribution is -2.03. The second-order valence-corrected chi connectivity index (χ2v) is 4.86. The van der Waals surface area contributed by atoms with Crippen molar-refractivity contribution >= 4 is 16.5 Å². The SMILES string of the molecule is Cc1cccc(OCCc2csc(N)n2)c1C. The Balaban J connectivity index is 1.92. The summed E-state index contributed by atoms with van der Waals surface area (Å²) in [5.74, 6) is 0.952. The van der Waals surface area contributed by atoms with Crippen molar-refractivity contribution in [3.63, 3.8) is 0 Å². The number of nitrogens with zero attached hydrogens (tertiary/aromatic N) is 1. The zero-order valence-corrected chi connectivity index (χ0v) is 10.9. The number of rotatable bonds is 4. The molecule has 0 aliphatic rings. The Morgan fingerprint density at radius 1 is 1.35 bits per heavy atom. The molecule has 0 amide bonds. The number of anilines is 1. The van der Waals surface area contributed by atoms with E-state index in [1.54, 1.807) is 0 Å². The summed E-state index contributed by atoms with van der Waals surface area (Å²) >= 11 is 1.47. The molecular formula is C13H16N2OS. The predicted octanol–water partition coefficient (Wildman–Crippen LogP) is 2.96. The summed E-state index contributed by atoms with van der Waals surface area (Å²) in [7, 11) is 0. The highest BCUT2D eigenvalue weighted by molar-refractivity contribution is 7.13. The number of hydrogen-bond donors (Lipinski definition) is 1. The quantitative estimate of drug-likeness (QED) is 0.905. The Hall–Kier alpha value is -1.55. The van der Waals surface area contributed by atoms with Crippen LogP contribution in [0.25, 0.3) is 0 Å². The molecule has 1 aromatic heterocycles. The van der Waals surface area contributed by atoms with Crippen LogP contribution in [0.15, 0.2) is 23.6 Å². The van der Waals surface area contributed by atoms with Crippen molar-refractivity contribution < 1.29 is 4.74 Å². The highest BCUT2D eigenvalue weighted by Crippen LogP contribution is 2.20. The van der Waals surface area contributed by atoms with Crippen molar-refractivity contribution in [1.82, 2.24) is 4.98 Å². The van der Waals surface area contributed by atoms with E-state index in [1.807, 2.05) is 17.5 Å². The zero-order chi connectivity index (χ0) is 12.3. The summed E-state index contributed by atoms with van der Waals surface area (Å²) in [6.45, 7) is 4.79. The lowest BCUT2D eigenvalue weighted by Gasteiger charge is -2.09. The van der Waals surface area contributed by atoms with Crippen LogP contribution in [0.2, 0.25) is 0 Å². The van der Waals surface area contributed by atoms with Crippen molar-refractivity contribution in [2.24, 2.45) is 0 Å². The molecule has 0 spiro atoms. The number of thiazole rings is 1. The summed E-state index contributed by atoms with van der Waals surface area (Å²) in [6, 6.07) is 6.10. The van der Waals surface area contributed by atoms with Gasteiger partial charge >= 0.3 is 0 Å². The van der Waals surface area contributed by atoms with Gasteiger partial charge in [-0.15, -0.1) is 11.3 Å². The van der Waals surface area contributed by atoms with Crippen LogP contribution < -0.4 is 10.5 Å².